The first-order valence-corrected chi connectivity index (χ1v) is 6.29. The fourth-order valence-corrected chi connectivity index (χ4v) is 1.12. The van der Waals surface area contributed by atoms with Crippen LogP contribution in [0.2, 0.25) is 0 Å². The summed E-state index contributed by atoms with van der Waals surface area (Å²) in [5, 5.41) is 0. The predicted molar refractivity (Wildman–Crippen MR) is 69.3 cm³/mol. The van der Waals surface area contributed by atoms with Gasteiger partial charge >= 0.3 is 5.97 Å². The number of ether oxygens (including phenoxy) is 1. The smallest absolute Gasteiger partial charge is 0.309 e. The van der Waals surface area contributed by atoms with Gasteiger partial charge in [-0.2, -0.15) is 0 Å². The highest BCUT2D eigenvalue weighted by Gasteiger charge is 2.20. The Morgan fingerprint density at radius 1 is 1.25 bits per heavy atom. The topological polar surface area (TPSA) is 52.3 Å². The number of esters is 1. The number of hydrogen-bond acceptors (Lipinski definition) is 3. The normalized spacial score (nSPS) is 12.4. The molecule has 0 aliphatic rings. The minimum atomic E-state index is -0.376. The van der Waals surface area contributed by atoms with Crippen LogP contribution in [0.4, 0.5) is 0 Å². The number of carbonyl (C=O) groups excluding carboxylic acids is 1. The zero-order valence-electron chi connectivity index (χ0n) is 11.8. The summed E-state index contributed by atoms with van der Waals surface area (Å²) in [6.07, 6.45) is 2.84. The molecule has 0 fully saturated rings. The Morgan fingerprint density at radius 2 is 1.75 bits per heavy atom. The molecule has 3 nitrogen and oxygen atoms in total. The summed E-state index contributed by atoms with van der Waals surface area (Å²) in [6.45, 7) is 12.3. The van der Waals surface area contributed by atoms with E-state index < -0.39 is 0 Å². The molecule has 0 aromatic carbocycles. The van der Waals surface area contributed by atoms with Crippen LogP contribution in [-0.4, -0.2) is 18.1 Å². The van der Waals surface area contributed by atoms with Gasteiger partial charge in [-0.15, -0.1) is 0 Å². The lowest BCUT2D eigenvalue weighted by Gasteiger charge is -2.22. The van der Waals surface area contributed by atoms with E-state index in [4.69, 9.17) is 10.5 Å². The molecule has 0 aromatic heterocycles. The van der Waals surface area contributed by atoms with Gasteiger partial charge in [0.15, 0.2) is 0 Å². The minimum absolute atomic E-state index is 0.0132. The predicted octanol–water partition coefficient (Wildman–Crippen LogP) is 3.12. The Morgan fingerprint density at radius 3 is 2.12 bits per heavy atom. The van der Waals surface area contributed by atoms with Crippen LogP contribution in [0.5, 0.6) is 0 Å². The van der Waals surface area contributed by atoms with Crippen molar-refractivity contribution in [3.63, 3.8) is 0 Å². The van der Waals surface area contributed by atoms with E-state index in [1.165, 1.54) is 0 Å². The van der Waals surface area contributed by atoms with Crippen molar-refractivity contribution in [1.82, 2.24) is 0 Å². The van der Waals surface area contributed by atoms with Crippen LogP contribution in [0.15, 0.2) is 0 Å². The Labute approximate surface area is 101 Å². The van der Waals surface area contributed by atoms with Gasteiger partial charge in [0.2, 0.25) is 0 Å². The molecule has 16 heavy (non-hydrogen) atoms. The summed E-state index contributed by atoms with van der Waals surface area (Å²) >= 11 is 0. The van der Waals surface area contributed by atoms with E-state index in [1.807, 2.05) is 41.5 Å². The maximum absolute atomic E-state index is 11.5. The lowest BCUT2D eigenvalue weighted by atomic mass is 10.0. The van der Waals surface area contributed by atoms with Crippen molar-refractivity contribution < 1.29 is 9.53 Å². The van der Waals surface area contributed by atoms with Crippen LogP contribution in [-0.2, 0) is 9.53 Å². The first kappa shape index (κ1) is 17.8. The quantitative estimate of drug-likeness (QED) is 0.584. The second kappa shape index (κ2) is 9.64. The Hall–Kier alpha value is -0.570. The first-order chi connectivity index (χ1) is 7.37. The summed E-state index contributed by atoms with van der Waals surface area (Å²) < 4.78 is 5.26. The molecule has 1 unspecified atom stereocenters. The molecule has 0 spiro atoms. The average molecular weight is 231 g/mol. The summed E-state index contributed by atoms with van der Waals surface area (Å²) in [4.78, 5) is 11.5. The molecule has 0 saturated heterocycles. The van der Waals surface area contributed by atoms with Crippen LogP contribution in [0.3, 0.4) is 0 Å². The summed E-state index contributed by atoms with van der Waals surface area (Å²) in [5.74, 6) is -0.115. The number of rotatable bonds is 5. The van der Waals surface area contributed by atoms with Crippen molar-refractivity contribution in [2.45, 2.75) is 66.4 Å². The van der Waals surface area contributed by atoms with E-state index in [1.54, 1.807) is 0 Å². The van der Waals surface area contributed by atoms with E-state index >= 15 is 0 Å². The van der Waals surface area contributed by atoms with E-state index in [-0.39, 0.29) is 17.5 Å². The molecule has 1 atom stereocenters. The van der Waals surface area contributed by atoms with Crippen molar-refractivity contribution in [2.24, 2.45) is 11.7 Å². The monoisotopic (exact) mass is 231 g/mol. The molecule has 0 radical (unpaired) electrons. The summed E-state index contributed by atoms with van der Waals surface area (Å²) in [7, 11) is 0. The van der Waals surface area contributed by atoms with Gasteiger partial charge in [-0.1, -0.05) is 27.2 Å². The van der Waals surface area contributed by atoms with Gasteiger partial charge in [-0.25, -0.2) is 0 Å². The van der Waals surface area contributed by atoms with Crippen molar-refractivity contribution in [3.8, 4) is 0 Å². The van der Waals surface area contributed by atoms with E-state index in [0.29, 0.717) is 6.54 Å². The van der Waals surface area contributed by atoms with Gasteiger partial charge in [0, 0.05) is 0 Å². The molecule has 2 N–H and O–H groups in total. The van der Waals surface area contributed by atoms with Crippen LogP contribution in [0.25, 0.3) is 0 Å². The number of unbranched alkanes of at least 4 members (excludes halogenated alkanes) is 1. The van der Waals surface area contributed by atoms with Gasteiger partial charge in [0.25, 0.3) is 0 Å². The maximum atomic E-state index is 11.5. The second-order valence-corrected chi connectivity index (χ2v) is 4.72. The molecule has 3 heteroatoms. The molecular formula is C13H29NO2. The molecule has 0 rings (SSSR count). The Balaban J connectivity index is 0. The number of carbonyl (C=O) groups is 1. The lowest BCUT2D eigenvalue weighted by molar-refractivity contribution is -0.159. The van der Waals surface area contributed by atoms with Crippen molar-refractivity contribution in [3.05, 3.63) is 0 Å². The van der Waals surface area contributed by atoms with Crippen LogP contribution < -0.4 is 5.73 Å². The van der Waals surface area contributed by atoms with Gasteiger partial charge in [-0.05, 0) is 40.2 Å². The standard InChI is InChI=1S/C11H23NO2.C2H6/c1-9(7-5-6-8-12)10(13)14-11(2,3)4;1-2/h9H,5-8,12H2,1-4H3;1-2H3. The fourth-order valence-electron chi connectivity index (χ4n) is 1.12. The molecule has 0 aromatic rings. The molecular weight excluding hydrogens is 202 g/mol. The van der Waals surface area contributed by atoms with Crippen molar-refractivity contribution in [1.29, 1.82) is 0 Å². The fraction of sp³-hybridized carbons (Fsp3) is 0.923. The molecule has 0 heterocycles. The Bertz CT molecular complexity index is 173. The average Bonchev–Trinajstić information content (AvgIpc) is 2.18. The van der Waals surface area contributed by atoms with Gasteiger partial charge in [0.05, 0.1) is 5.92 Å². The van der Waals surface area contributed by atoms with Gasteiger partial charge in [0.1, 0.15) is 5.60 Å². The highest BCUT2D eigenvalue weighted by molar-refractivity contribution is 5.72. The zero-order valence-corrected chi connectivity index (χ0v) is 11.8. The van der Waals surface area contributed by atoms with Crippen LogP contribution in [0, 0.1) is 5.92 Å². The SMILES string of the molecule is CC.CC(CCCCN)C(=O)OC(C)(C)C. The van der Waals surface area contributed by atoms with Crippen molar-refractivity contribution in [2.75, 3.05) is 6.54 Å². The van der Waals surface area contributed by atoms with Crippen LogP contribution >= 0.6 is 0 Å². The van der Waals surface area contributed by atoms with E-state index in [2.05, 4.69) is 0 Å². The van der Waals surface area contributed by atoms with E-state index in [0.717, 1.165) is 19.3 Å². The van der Waals surface area contributed by atoms with Crippen LogP contribution in [0.1, 0.15) is 60.8 Å². The highest BCUT2D eigenvalue weighted by atomic mass is 16.6. The maximum Gasteiger partial charge on any atom is 0.309 e. The number of hydrogen-bond donors (Lipinski definition) is 1. The minimum Gasteiger partial charge on any atom is -0.460 e. The van der Waals surface area contributed by atoms with Crippen molar-refractivity contribution >= 4 is 5.97 Å². The lowest BCUT2D eigenvalue weighted by Crippen LogP contribution is -2.27. The molecule has 0 saturated carbocycles. The molecule has 98 valence electrons. The highest BCUT2D eigenvalue weighted by Crippen LogP contribution is 2.15. The zero-order chi connectivity index (χ0) is 13.2. The third kappa shape index (κ3) is 11.5. The molecule has 0 aliphatic heterocycles. The van der Waals surface area contributed by atoms with Gasteiger partial charge < -0.3 is 10.5 Å². The third-order valence-corrected chi connectivity index (χ3v) is 1.90. The first-order valence-electron chi connectivity index (χ1n) is 6.29. The summed E-state index contributed by atoms with van der Waals surface area (Å²) in [6, 6.07) is 0. The van der Waals surface area contributed by atoms with Gasteiger partial charge in [-0.3, -0.25) is 4.79 Å². The Kier molecular flexibility index (Phi) is 10.7. The third-order valence-electron chi connectivity index (χ3n) is 1.90. The number of nitrogens with two attached hydrogens (primary N) is 1. The summed E-state index contributed by atoms with van der Waals surface area (Å²) in [5.41, 5.74) is 5.00. The largest absolute Gasteiger partial charge is 0.460 e. The molecule has 0 amide bonds. The van der Waals surface area contributed by atoms with E-state index in [9.17, 15) is 4.79 Å². The molecule has 0 bridgehead atoms. The second-order valence-electron chi connectivity index (χ2n) is 4.72. The molecule has 0 aliphatic carbocycles.